The molecule has 3 nitrogen and oxygen atoms in total. The number of hydrogen-bond acceptors (Lipinski definition) is 2. The molecule has 3 heteroatoms. The lowest BCUT2D eigenvalue weighted by atomic mass is 9.72. The van der Waals surface area contributed by atoms with Gasteiger partial charge in [-0.2, -0.15) is 0 Å². The van der Waals surface area contributed by atoms with Crippen LogP contribution in [0.4, 0.5) is 0 Å². The molecule has 0 aliphatic carbocycles. The number of piperidine rings is 1. The van der Waals surface area contributed by atoms with Crippen molar-refractivity contribution in [2.75, 3.05) is 32.7 Å². The largest absolute Gasteiger partial charge is 0.341 e. The molecule has 0 aromatic carbocycles. The second-order valence-corrected chi connectivity index (χ2v) is 6.36. The van der Waals surface area contributed by atoms with Gasteiger partial charge in [0.2, 0.25) is 5.91 Å². The normalized spacial score (nSPS) is 20.2. The lowest BCUT2D eigenvalue weighted by molar-refractivity contribution is -0.146. The van der Waals surface area contributed by atoms with Crippen molar-refractivity contribution >= 4 is 5.91 Å². The molecule has 0 bridgehead atoms. The quantitative estimate of drug-likeness (QED) is 0.731. The Labute approximate surface area is 131 Å². The third kappa shape index (κ3) is 5.04. The first kappa shape index (κ1) is 18.0. The third-order valence-corrected chi connectivity index (χ3v) is 4.32. The highest BCUT2D eigenvalue weighted by Gasteiger charge is 2.45. The Hall–Kier alpha value is -1.01. The lowest BCUT2D eigenvalue weighted by Crippen LogP contribution is -2.61. The van der Waals surface area contributed by atoms with Gasteiger partial charge in [0, 0.05) is 30.8 Å². The van der Waals surface area contributed by atoms with E-state index >= 15 is 0 Å². The van der Waals surface area contributed by atoms with Crippen molar-refractivity contribution < 1.29 is 4.79 Å². The molecule has 2 aliphatic rings. The molecule has 0 saturated carbocycles. The lowest BCUT2D eigenvalue weighted by Gasteiger charge is -2.53. The van der Waals surface area contributed by atoms with Crippen molar-refractivity contribution in [3.8, 4) is 11.8 Å². The van der Waals surface area contributed by atoms with Crippen LogP contribution in [0.3, 0.4) is 0 Å². The van der Waals surface area contributed by atoms with Crippen LogP contribution in [0.25, 0.3) is 0 Å². The molecule has 2 fully saturated rings. The highest BCUT2D eigenvalue weighted by molar-refractivity contribution is 5.76. The summed E-state index contributed by atoms with van der Waals surface area (Å²) in [4.78, 5) is 16.1. The van der Waals surface area contributed by atoms with E-state index < -0.39 is 0 Å². The molecule has 0 N–H and O–H groups in total. The molecular weight excluding hydrogens is 260 g/mol. The van der Waals surface area contributed by atoms with Crippen molar-refractivity contribution in [1.29, 1.82) is 0 Å². The van der Waals surface area contributed by atoms with Crippen LogP contribution in [-0.4, -0.2) is 48.4 Å². The Morgan fingerprint density at radius 3 is 2.24 bits per heavy atom. The highest BCUT2D eigenvalue weighted by Crippen LogP contribution is 2.40. The summed E-state index contributed by atoms with van der Waals surface area (Å²) < 4.78 is 0. The molecule has 2 saturated heterocycles. The fourth-order valence-corrected chi connectivity index (χ4v) is 3.03. The van der Waals surface area contributed by atoms with Gasteiger partial charge in [-0.1, -0.05) is 46.5 Å². The summed E-state index contributed by atoms with van der Waals surface area (Å²) in [5.74, 6) is 7.28. The maximum Gasteiger partial charge on any atom is 0.222 e. The molecule has 0 aromatic rings. The van der Waals surface area contributed by atoms with Gasteiger partial charge < -0.3 is 4.90 Å². The summed E-state index contributed by atoms with van der Waals surface area (Å²) in [6.45, 7) is 15.4. The fraction of sp³-hybridized carbons (Fsp3) is 0.833. The Kier molecular flexibility index (Phi) is 7.25. The van der Waals surface area contributed by atoms with Crippen LogP contribution in [0.5, 0.6) is 0 Å². The Morgan fingerprint density at radius 1 is 1.19 bits per heavy atom. The predicted molar refractivity (Wildman–Crippen MR) is 88.9 cm³/mol. The Bertz CT molecular complexity index is 376. The average molecular weight is 292 g/mol. The first-order valence-electron chi connectivity index (χ1n) is 8.53. The minimum Gasteiger partial charge on any atom is -0.341 e. The number of amides is 1. The molecule has 0 aromatic heterocycles. The van der Waals surface area contributed by atoms with Gasteiger partial charge in [0.05, 0.1) is 6.54 Å². The SMILES string of the molecule is CC.CCC(=O)N1CC2(CCN(CC#CC(C)C)CC2)C1. The first-order valence-corrected chi connectivity index (χ1v) is 8.53. The fourth-order valence-electron chi connectivity index (χ4n) is 3.03. The molecule has 2 aliphatic heterocycles. The third-order valence-electron chi connectivity index (χ3n) is 4.32. The van der Waals surface area contributed by atoms with Gasteiger partial charge >= 0.3 is 0 Å². The molecule has 1 spiro atoms. The summed E-state index contributed by atoms with van der Waals surface area (Å²) in [5.41, 5.74) is 0.437. The molecule has 120 valence electrons. The van der Waals surface area contributed by atoms with E-state index in [0.717, 1.165) is 32.7 Å². The molecule has 21 heavy (non-hydrogen) atoms. The summed E-state index contributed by atoms with van der Waals surface area (Å²) in [6.07, 6.45) is 3.10. The first-order chi connectivity index (χ1) is 10.0. The van der Waals surface area contributed by atoms with E-state index in [-0.39, 0.29) is 0 Å². The summed E-state index contributed by atoms with van der Waals surface area (Å²) in [5, 5.41) is 0. The number of carbonyl (C=O) groups is 1. The predicted octanol–water partition coefficient (Wildman–Crippen LogP) is 3.01. The van der Waals surface area contributed by atoms with Gasteiger partial charge in [0.25, 0.3) is 0 Å². The monoisotopic (exact) mass is 292 g/mol. The van der Waals surface area contributed by atoms with Crippen molar-refractivity contribution in [3.63, 3.8) is 0 Å². The van der Waals surface area contributed by atoms with Crippen LogP contribution < -0.4 is 0 Å². The van der Waals surface area contributed by atoms with Crippen LogP contribution >= 0.6 is 0 Å². The van der Waals surface area contributed by atoms with E-state index in [0.29, 0.717) is 23.7 Å². The van der Waals surface area contributed by atoms with Gasteiger partial charge in [-0.15, -0.1) is 0 Å². The zero-order chi connectivity index (χ0) is 15.9. The van der Waals surface area contributed by atoms with Crippen LogP contribution in [0.2, 0.25) is 0 Å². The molecule has 2 heterocycles. The second-order valence-electron chi connectivity index (χ2n) is 6.36. The summed E-state index contributed by atoms with van der Waals surface area (Å²) in [7, 11) is 0. The topological polar surface area (TPSA) is 23.6 Å². The van der Waals surface area contributed by atoms with Gasteiger partial charge in [0.15, 0.2) is 0 Å². The zero-order valence-electron chi connectivity index (χ0n) is 14.5. The van der Waals surface area contributed by atoms with Gasteiger partial charge in [-0.05, 0) is 25.9 Å². The maximum atomic E-state index is 11.6. The molecule has 0 atom stereocenters. The maximum absolute atomic E-state index is 11.6. The number of likely N-dealkylation sites (tertiary alicyclic amines) is 2. The summed E-state index contributed by atoms with van der Waals surface area (Å²) >= 11 is 0. The van der Waals surface area contributed by atoms with Crippen LogP contribution in [0.1, 0.15) is 53.9 Å². The van der Waals surface area contributed by atoms with Crippen LogP contribution in [0, 0.1) is 23.2 Å². The van der Waals surface area contributed by atoms with E-state index in [1.807, 2.05) is 25.7 Å². The van der Waals surface area contributed by atoms with E-state index in [9.17, 15) is 4.79 Å². The minimum atomic E-state index is 0.316. The van der Waals surface area contributed by atoms with Gasteiger partial charge in [-0.3, -0.25) is 9.69 Å². The van der Waals surface area contributed by atoms with Gasteiger partial charge in [-0.25, -0.2) is 0 Å². The molecule has 0 unspecified atom stereocenters. The van der Waals surface area contributed by atoms with E-state index in [1.54, 1.807) is 0 Å². The highest BCUT2D eigenvalue weighted by atomic mass is 16.2. The van der Waals surface area contributed by atoms with E-state index in [2.05, 4.69) is 30.6 Å². The van der Waals surface area contributed by atoms with Crippen LogP contribution in [-0.2, 0) is 4.79 Å². The number of nitrogens with zero attached hydrogens (tertiary/aromatic N) is 2. The standard InChI is InChI=1S/C16H26N2O.C2H6/c1-4-15(19)18-12-16(13-18)7-10-17(11-8-16)9-5-6-14(2)3;1-2/h14H,4,7-13H2,1-3H3;1-2H3. The number of hydrogen-bond donors (Lipinski definition) is 0. The molecule has 2 rings (SSSR count). The van der Waals surface area contributed by atoms with E-state index in [1.165, 1.54) is 12.8 Å². The molecule has 1 amide bonds. The smallest absolute Gasteiger partial charge is 0.222 e. The van der Waals surface area contributed by atoms with Crippen molar-refractivity contribution in [2.24, 2.45) is 11.3 Å². The number of carbonyl (C=O) groups excluding carboxylic acids is 1. The van der Waals surface area contributed by atoms with Crippen LogP contribution in [0.15, 0.2) is 0 Å². The van der Waals surface area contributed by atoms with Crippen molar-refractivity contribution in [2.45, 2.75) is 53.9 Å². The van der Waals surface area contributed by atoms with Crippen molar-refractivity contribution in [1.82, 2.24) is 9.80 Å². The van der Waals surface area contributed by atoms with E-state index in [4.69, 9.17) is 0 Å². The average Bonchev–Trinajstić information content (AvgIpc) is 2.46. The zero-order valence-corrected chi connectivity index (χ0v) is 14.5. The van der Waals surface area contributed by atoms with Gasteiger partial charge in [0.1, 0.15) is 0 Å². The Balaban J connectivity index is 0.00000106. The molecular formula is C18H32N2O. The summed E-state index contributed by atoms with van der Waals surface area (Å²) in [6, 6.07) is 0. The second kappa shape index (κ2) is 8.44. The van der Waals surface area contributed by atoms with Crippen molar-refractivity contribution in [3.05, 3.63) is 0 Å². The Morgan fingerprint density at radius 2 is 1.76 bits per heavy atom. The molecule has 0 radical (unpaired) electrons. The number of rotatable bonds is 2. The minimum absolute atomic E-state index is 0.316.